The number of amides is 4. The zero-order valence-corrected chi connectivity index (χ0v) is 10.8. The number of carbonyl (C=O) groups is 4. The van der Waals surface area contributed by atoms with Crippen molar-refractivity contribution in [3.05, 3.63) is 0 Å². The average molecular weight is 286 g/mol. The Labute approximate surface area is 113 Å². The number of hydrogen-bond acceptors (Lipinski definition) is 6. The molecule has 0 heterocycles. The van der Waals surface area contributed by atoms with Gasteiger partial charge in [0.15, 0.2) is 0 Å². The van der Waals surface area contributed by atoms with Gasteiger partial charge in [0.1, 0.15) is 0 Å². The highest BCUT2D eigenvalue weighted by atomic mass is 16.4. The van der Waals surface area contributed by atoms with Gasteiger partial charge in [-0.25, -0.2) is 9.59 Å². The molecule has 4 atom stereocenters. The molecule has 0 aromatic rings. The molecule has 1 fully saturated rings. The number of hydrogen-bond donors (Lipinski definition) is 4. The summed E-state index contributed by atoms with van der Waals surface area (Å²) in [5, 5.41) is 26.8. The van der Waals surface area contributed by atoms with Crippen molar-refractivity contribution in [1.29, 1.82) is 0 Å². The first-order chi connectivity index (χ1) is 8.99. The van der Waals surface area contributed by atoms with Crippen molar-refractivity contribution in [1.82, 2.24) is 10.6 Å². The Bertz CT molecular complexity index is 450. The molecule has 0 saturated heterocycles. The second-order valence-corrected chi connectivity index (χ2v) is 4.95. The van der Waals surface area contributed by atoms with Crippen LogP contribution in [0, 0.1) is 10.8 Å². The van der Waals surface area contributed by atoms with E-state index < -0.39 is 46.9 Å². The summed E-state index contributed by atoms with van der Waals surface area (Å²) in [4.78, 5) is 44.4. The molecule has 1 rings (SSSR count). The van der Waals surface area contributed by atoms with Crippen LogP contribution in [0.3, 0.4) is 0 Å². The number of urea groups is 2. The fourth-order valence-corrected chi connectivity index (χ4v) is 2.66. The number of rotatable bonds is 4. The summed E-state index contributed by atoms with van der Waals surface area (Å²) in [5.41, 5.74) is 5.76. The van der Waals surface area contributed by atoms with E-state index in [0.29, 0.717) is 0 Å². The van der Waals surface area contributed by atoms with E-state index in [9.17, 15) is 29.4 Å². The van der Waals surface area contributed by atoms with Gasteiger partial charge in [0.25, 0.3) is 0 Å². The third kappa shape index (κ3) is 1.80. The van der Waals surface area contributed by atoms with Gasteiger partial charge in [0, 0.05) is 10.8 Å². The minimum atomic E-state index is -2.03. The Hall–Kier alpha value is -2.52. The summed E-state index contributed by atoms with van der Waals surface area (Å²) in [6.07, 6.45) is 0. The quantitative estimate of drug-likeness (QED) is 0.403. The van der Waals surface area contributed by atoms with Crippen LogP contribution in [0.25, 0.3) is 0 Å². The van der Waals surface area contributed by atoms with Crippen LogP contribution in [0.1, 0.15) is 13.8 Å². The summed E-state index contributed by atoms with van der Waals surface area (Å²) < 4.78 is 0. The zero-order valence-electron chi connectivity index (χ0n) is 10.8. The van der Waals surface area contributed by atoms with Gasteiger partial charge in [-0.05, 0) is 0 Å². The highest BCUT2D eigenvalue weighted by Gasteiger charge is 2.69. The van der Waals surface area contributed by atoms with Crippen LogP contribution in [-0.2, 0) is 9.59 Å². The molecule has 0 bridgehead atoms. The molecule has 112 valence electrons. The van der Waals surface area contributed by atoms with E-state index in [-0.39, 0.29) is 0 Å². The Kier molecular flexibility index (Phi) is 3.53. The summed E-state index contributed by atoms with van der Waals surface area (Å²) in [5.74, 6) is -3.46. The van der Waals surface area contributed by atoms with Crippen molar-refractivity contribution in [3.63, 3.8) is 0 Å². The Balaban J connectivity index is 3.31. The van der Waals surface area contributed by atoms with Crippen LogP contribution in [-0.4, -0.2) is 36.1 Å². The molecule has 20 heavy (non-hydrogen) atoms. The Morgan fingerprint density at radius 3 is 1.25 bits per heavy atom. The van der Waals surface area contributed by atoms with Gasteiger partial charge in [-0.2, -0.15) is 0 Å². The van der Waals surface area contributed by atoms with Crippen LogP contribution in [0.2, 0.25) is 0 Å². The van der Waals surface area contributed by atoms with Crippen LogP contribution in [0.15, 0.2) is 0 Å². The number of aliphatic carboxylic acids is 2. The minimum absolute atomic E-state index is 1.05. The van der Waals surface area contributed by atoms with E-state index in [2.05, 4.69) is 10.6 Å². The molecule has 0 aliphatic heterocycles. The van der Waals surface area contributed by atoms with Crippen molar-refractivity contribution in [2.75, 3.05) is 0 Å². The smallest absolute Gasteiger partial charge is 0.312 e. The number of nitrogens with two attached hydrogens (primary N) is 2. The Morgan fingerprint density at radius 1 is 0.850 bits per heavy atom. The zero-order chi connectivity index (χ0) is 15.9. The van der Waals surface area contributed by atoms with E-state index in [1.54, 1.807) is 0 Å². The number of nitrogens with one attached hydrogen (secondary N) is 2. The molecule has 10 nitrogen and oxygen atoms in total. The normalized spacial score (nSPS) is 35.5. The van der Waals surface area contributed by atoms with Gasteiger partial charge >= 0.3 is 12.1 Å². The predicted molar refractivity (Wildman–Crippen MR) is 59.2 cm³/mol. The van der Waals surface area contributed by atoms with E-state index in [1.807, 2.05) is 0 Å². The lowest BCUT2D eigenvalue weighted by Crippen LogP contribution is -2.86. The Morgan fingerprint density at radius 2 is 1.10 bits per heavy atom. The molecular formula is C10H14N4O6-2. The standard InChI is InChI=1S/C10H16N4O6/c1-9(5(15)16)3(13-7(11)19)4(14-8(12)20)10(9,2)6(17)18/h3-4H,1-2H3,(H,15,16)(H,17,18)(H3,11,13,19)(H3,12,14,20)/p-2/t3-,4+,9+,10-. The second kappa shape index (κ2) is 4.54. The highest BCUT2D eigenvalue weighted by Crippen LogP contribution is 2.56. The van der Waals surface area contributed by atoms with Gasteiger partial charge in [-0.1, -0.05) is 13.8 Å². The number of carboxylic acid groups (broad SMARTS) is 2. The SMILES string of the molecule is C[C@]1(C(=O)[O-])[C@@H](NC(N)=O)[C@@H](NC(N)=O)[C@@]1(C)C(=O)[O-]. The summed E-state index contributed by atoms with van der Waals surface area (Å²) >= 11 is 0. The number of carbonyl (C=O) groups excluding carboxylic acids is 4. The highest BCUT2D eigenvalue weighted by molar-refractivity contribution is 5.91. The molecular weight excluding hydrogens is 272 g/mol. The van der Waals surface area contributed by atoms with E-state index >= 15 is 0 Å². The fraction of sp³-hybridized carbons (Fsp3) is 0.600. The monoisotopic (exact) mass is 286 g/mol. The van der Waals surface area contributed by atoms with Gasteiger partial charge in [-0.3, -0.25) is 0 Å². The molecule has 0 unspecified atom stereocenters. The number of carboxylic acids is 2. The van der Waals surface area contributed by atoms with Crippen molar-refractivity contribution >= 4 is 24.0 Å². The molecule has 10 heteroatoms. The molecule has 1 aliphatic carbocycles. The van der Waals surface area contributed by atoms with Crippen LogP contribution < -0.4 is 32.3 Å². The molecule has 6 N–H and O–H groups in total. The molecule has 0 aromatic heterocycles. The maximum absolute atomic E-state index is 11.3. The fourth-order valence-electron chi connectivity index (χ4n) is 2.66. The van der Waals surface area contributed by atoms with Crippen molar-refractivity contribution in [3.8, 4) is 0 Å². The summed E-state index contributed by atoms with van der Waals surface area (Å²) in [6, 6.07) is -4.78. The lowest BCUT2D eigenvalue weighted by Gasteiger charge is -2.67. The van der Waals surface area contributed by atoms with Crippen molar-refractivity contribution < 1.29 is 29.4 Å². The summed E-state index contributed by atoms with van der Waals surface area (Å²) in [7, 11) is 0. The maximum atomic E-state index is 11.3. The lowest BCUT2D eigenvalue weighted by molar-refractivity contribution is -0.359. The van der Waals surface area contributed by atoms with Crippen LogP contribution in [0.5, 0.6) is 0 Å². The molecule has 0 radical (unpaired) electrons. The lowest BCUT2D eigenvalue weighted by atomic mass is 9.44. The third-order valence-corrected chi connectivity index (χ3v) is 4.10. The minimum Gasteiger partial charge on any atom is -0.549 e. The van der Waals surface area contributed by atoms with Crippen molar-refractivity contribution in [2.24, 2.45) is 22.3 Å². The molecule has 1 saturated carbocycles. The van der Waals surface area contributed by atoms with Crippen LogP contribution >= 0.6 is 0 Å². The molecule has 0 spiro atoms. The van der Waals surface area contributed by atoms with Gasteiger partial charge in [-0.15, -0.1) is 0 Å². The largest absolute Gasteiger partial charge is 0.549 e. The topological polar surface area (TPSA) is 190 Å². The molecule has 0 aromatic carbocycles. The van der Waals surface area contributed by atoms with E-state index in [0.717, 1.165) is 13.8 Å². The average Bonchev–Trinajstić information content (AvgIpc) is 2.30. The summed E-state index contributed by atoms with van der Waals surface area (Å²) in [6.45, 7) is 2.11. The first-order valence-corrected chi connectivity index (χ1v) is 5.54. The van der Waals surface area contributed by atoms with E-state index in [1.165, 1.54) is 0 Å². The van der Waals surface area contributed by atoms with Gasteiger partial charge in [0.05, 0.1) is 24.0 Å². The van der Waals surface area contributed by atoms with Gasteiger partial charge < -0.3 is 41.9 Å². The van der Waals surface area contributed by atoms with Crippen LogP contribution in [0.4, 0.5) is 9.59 Å². The first-order valence-electron chi connectivity index (χ1n) is 5.54. The third-order valence-electron chi connectivity index (χ3n) is 4.10. The van der Waals surface area contributed by atoms with Gasteiger partial charge in [0.2, 0.25) is 0 Å². The maximum Gasteiger partial charge on any atom is 0.312 e. The first kappa shape index (κ1) is 15.5. The predicted octanol–water partition coefficient (Wildman–Crippen LogP) is -4.41. The van der Waals surface area contributed by atoms with Crippen molar-refractivity contribution in [2.45, 2.75) is 25.9 Å². The number of primary amides is 2. The molecule has 4 amide bonds. The second-order valence-electron chi connectivity index (χ2n) is 4.95. The van der Waals surface area contributed by atoms with E-state index in [4.69, 9.17) is 11.5 Å². The molecule has 1 aliphatic rings.